The molecule has 0 aliphatic carbocycles. The number of ether oxygens (including phenoxy) is 1. The maximum atomic E-state index is 12.5. The second-order valence-corrected chi connectivity index (χ2v) is 5.77. The molecule has 110 valence electrons. The van der Waals surface area contributed by atoms with E-state index in [4.69, 9.17) is 4.74 Å². The van der Waals surface area contributed by atoms with Gasteiger partial charge in [-0.2, -0.15) is 0 Å². The molecule has 4 amide bonds. The quantitative estimate of drug-likeness (QED) is 0.641. The van der Waals surface area contributed by atoms with Crippen LogP contribution < -0.4 is 10.6 Å². The van der Waals surface area contributed by atoms with Gasteiger partial charge in [-0.1, -0.05) is 0 Å². The number of piperidine rings is 1. The minimum absolute atomic E-state index is 0.0396. The van der Waals surface area contributed by atoms with E-state index in [1.165, 1.54) is 0 Å². The number of urea groups is 1. The lowest BCUT2D eigenvalue weighted by molar-refractivity contribution is -0.143. The van der Waals surface area contributed by atoms with Crippen LogP contribution in [-0.2, 0) is 14.3 Å². The van der Waals surface area contributed by atoms with Crippen LogP contribution in [0.3, 0.4) is 0 Å². The number of imide groups is 1. The van der Waals surface area contributed by atoms with E-state index in [0.717, 1.165) is 12.8 Å². The summed E-state index contributed by atoms with van der Waals surface area (Å²) in [6.45, 7) is 2.08. The molecule has 2 unspecified atom stereocenters. The number of rotatable bonds is 1. The van der Waals surface area contributed by atoms with Crippen molar-refractivity contribution in [1.29, 1.82) is 0 Å². The molecule has 3 heterocycles. The minimum atomic E-state index is -0.930. The van der Waals surface area contributed by atoms with E-state index in [1.807, 2.05) is 0 Å². The summed E-state index contributed by atoms with van der Waals surface area (Å²) in [6.07, 6.45) is 3.02. The number of carbonyl (C=O) groups excluding carboxylic acids is 3. The zero-order valence-corrected chi connectivity index (χ0v) is 11.3. The van der Waals surface area contributed by atoms with Gasteiger partial charge in [0, 0.05) is 13.2 Å². The molecule has 0 radical (unpaired) electrons. The van der Waals surface area contributed by atoms with Gasteiger partial charge in [0.15, 0.2) is 0 Å². The molecule has 1 spiro atoms. The van der Waals surface area contributed by atoms with Crippen LogP contribution in [0.25, 0.3) is 0 Å². The molecule has 2 N–H and O–H groups in total. The van der Waals surface area contributed by atoms with Gasteiger partial charge in [0.05, 0.1) is 19.1 Å². The average Bonchev–Trinajstić information content (AvgIpc) is 2.73. The zero-order chi connectivity index (χ0) is 14.2. The summed E-state index contributed by atoms with van der Waals surface area (Å²) >= 11 is 0. The van der Waals surface area contributed by atoms with Crippen LogP contribution in [0, 0.1) is 5.92 Å². The summed E-state index contributed by atoms with van der Waals surface area (Å²) in [5.41, 5.74) is -0.930. The Labute approximate surface area is 117 Å². The van der Waals surface area contributed by atoms with Crippen LogP contribution >= 0.6 is 0 Å². The summed E-state index contributed by atoms with van der Waals surface area (Å²) < 4.78 is 5.35. The van der Waals surface area contributed by atoms with E-state index in [9.17, 15) is 14.4 Å². The highest BCUT2D eigenvalue weighted by Gasteiger charge is 2.49. The Balaban J connectivity index is 1.70. The Morgan fingerprint density at radius 1 is 1.35 bits per heavy atom. The zero-order valence-electron chi connectivity index (χ0n) is 11.3. The van der Waals surface area contributed by atoms with Gasteiger partial charge in [-0.15, -0.1) is 0 Å². The highest BCUT2D eigenvalue weighted by atomic mass is 16.5. The predicted molar refractivity (Wildman–Crippen MR) is 68.8 cm³/mol. The minimum Gasteiger partial charge on any atom is -0.381 e. The number of carbonyl (C=O) groups is 3. The molecular weight excluding hydrogens is 262 g/mol. The lowest BCUT2D eigenvalue weighted by atomic mass is 9.88. The van der Waals surface area contributed by atoms with Gasteiger partial charge in [-0.05, 0) is 25.7 Å². The smallest absolute Gasteiger partial charge is 0.322 e. The topological polar surface area (TPSA) is 87.7 Å². The lowest BCUT2D eigenvalue weighted by Gasteiger charge is -2.39. The van der Waals surface area contributed by atoms with Crippen molar-refractivity contribution < 1.29 is 19.1 Å². The first kappa shape index (κ1) is 13.4. The molecule has 0 aromatic rings. The number of hydrogen-bond acceptors (Lipinski definition) is 4. The van der Waals surface area contributed by atoms with Crippen molar-refractivity contribution in [3.05, 3.63) is 0 Å². The van der Waals surface area contributed by atoms with Gasteiger partial charge in [-0.25, -0.2) is 4.79 Å². The van der Waals surface area contributed by atoms with Crippen molar-refractivity contribution in [1.82, 2.24) is 15.5 Å². The highest BCUT2D eigenvalue weighted by Crippen LogP contribution is 2.26. The molecule has 3 aliphatic heterocycles. The van der Waals surface area contributed by atoms with Crippen LogP contribution in [0.1, 0.15) is 25.7 Å². The summed E-state index contributed by atoms with van der Waals surface area (Å²) in [5.74, 6) is -0.392. The number of likely N-dealkylation sites (tertiary alicyclic amines) is 1. The molecule has 0 saturated carbocycles. The van der Waals surface area contributed by atoms with E-state index in [-0.39, 0.29) is 24.3 Å². The molecule has 0 aromatic heterocycles. The van der Waals surface area contributed by atoms with Crippen LogP contribution in [0.4, 0.5) is 4.79 Å². The number of nitrogens with one attached hydrogen (secondary N) is 2. The highest BCUT2D eigenvalue weighted by molar-refractivity contribution is 6.07. The Bertz CT molecular complexity index is 447. The largest absolute Gasteiger partial charge is 0.381 e. The molecule has 20 heavy (non-hydrogen) atoms. The van der Waals surface area contributed by atoms with Gasteiger partial charge in [0.1, 0.15) is 5.54 Å². The summed E-state index contributed by atoms with van der Waals surface area (Å²) in [4.78, 5) is 37.5. The Morgan fingerprint density at radius 2 is 2.20 bits per heavy atom. The predicted octanol–water partition coefficient (Wildman–Crippen LogP) is -0.386. The third-order valence-corrected chi connectivity index (χ3v) is 4.33. The third-order valence-electron chi connectivity index (χ3n) is 4.33. The lowest BCUT2D eigenvalue weighted by Crippen LogP contribution is -2.60. The van der Waals surface area contributed by atoms with Crippen molar-refractivity contribution in [2.24, 2.45) is 5.92 Å². The van der Waals surface area contributed by atoms with Crippen molar-refractivity contribution in [2.45, 2.75) is 31.2 Å². The molecular formula is C13H19N3O4. The first-order valence-electron chi connectivity index (χ1n) is 7.11. The van der Waals surface area contributed by atoms with Crippen LogP contribution in [0.5, 0.6) is 0 Å². The SMILES string of the molecule is O=C1NC(=O)C2(CCCN(C(=O)C3CCCOC3)C2)N1. The van der Waals surface area contributed by atoms with Crippen molar-refractivity contribution >= 4 is 17.8 Å². The summed E-state index contributed by atoms with van der Waals surface area (Å²) in [7, 11) is 0. The monoisotopic (exact) mass is 281 g/mol. The average molecular weight is 281 g/mol. The normalized spacial score (nSPS) is 34.0. The van der Waals surface area contributed by atoms with Gasteiger partial charge in [0.25, 0.3) is 5.91 Å². The molecule has 3 fully saturated rings. The second kappa shape index (κ2) is 5.05. The van der Waals surface area contributed by atoms with Gasteiger partial charge < -0.3 is 15.0 Å². The maximum Gasteiger partial charge on any atom is 0.322 e. The fourth-order valence-corrected chi connectivity index (χ4v) is 3.25. The van der Waals surface area contributed by atoms with E-state index < -0.39 is 11.6 Å². The van der Waals surface area contributed by atoms with Crippen LogP contribution in [-0.4, -0.2) is 54.6 Å². The summed E-state index contributed by atoms with van der Waals surface area (Å²) in [6, 6.07) is -0.467. The van der Waals surface area contributed by atoms with Gasteiger partial charge in [-0.3, -0.25) is 14.9 Å². The molecule has 0 bridgehead atoms. The number of nitrogens with zero attached hydrogens (tertiary/aromatic N) is 1. The van der Waals surface area contributed by atoms with Gasteiger partial charge in [0.2, 0.25) is 5.91 Å². The fourth-order valence-electron chi connectivity index (χ4n) is 3.25. The van der Waals surface area contributed by atoms with E-state index in [1.54, 1.807) is 4.90 Å². The maximum absolute atomic E-state index is 12.5. The molecule has 0 aromatic carbocycles. The Hall–Kier alpha value is -1.63. The van der Waals surface area contributed by atoms with Crippen molar-refractivity contribution in [2.75, 3.05) is 26.3 Å². The third kappa shape index (κ3) is 2.26. The van der Waals surface area contributed by atoms with E-state index >= 15 is 0 Å². The Kier molecular flexibility index (Phi) is 3.37. The molecule has 3 saturated heterocycles. The standard InChI is InChI=1S/C13H19N3O4/c17-10(9-3-1-6-20-7-9)16-5-2-4-13(8-16)11(18)14-12(19)15-13/h9H,1-8H2,(H2,14,15,18,19). The first-order valence-corrected chi connectivity index (χ1v) is 7.11. The molecule has 7 heteroatoms. The molecule has 7 nitrogen and oxygen atoms in total. The fraction of sp³-hybridized carbons (Fsp3) is 0.769. The van der Waals surface area contributed by atoms with Crippen LogP contribution in [0.15, 0.2) is 0 Å². The molecule has 2 atom stereocenters. The van der Waals surface area contributed by atoms with E-state index in [2.05, 4.69) is 10.6 Å². The van der Waals surface area contributed by atoms with Crippen molar-refractivity contribution in [3.63, 3.8) is 0 Å². The Morgan fingerprint density at radius 3 is 2.85 bits per heavy atom. The van der Waals surface area contributed by atoms with E-state index in [0.29, 0.717) is 32.6 Å². The second-order valence-electron chi connectivity index (χ2n) is 5.77. The molecule has 3 aliphatic rings. The number of amides is 4. The van der Waals surface area contributed by atoms with Crippen LogP contribution in [0.2, 0.25) is 0 Å². The first-order chi connectivity index (χ1) is 9.61. The van der Waals surface area contributed by atoms with Gasteiger partial charge >= 0.3 is 6.03 Å². The molecule has 3 rings (SSSR count). The summed E-state index contributed by atoms with van der Waals surface area (Å²) in [5, 5.41) is 4.95. The van der Waals surface area contributed by atoms with Crippen molar-refractivity contribution in [3.8, 4) is 0 Å². The number of hydrogen-bond donors (Lipinski definition) is 2.